The maximum Gasteiger partial charge on any atom is 0.193 e. The Morgan fingerprint density at radius 3 is 2.77 bits per heavy atom. The van der Waals surface area contributed by atoms with Gasteiger partial charge in [-0.05, 0) is 49.4 Å². The average molecular weight is 484 g/mol. The maximum absolute atomic E-state index is 14.7. The molecule has 0 aliphatic carbocycles. The molecular formula is C20H24ClFN5PS2. The van der Waals surface area contributed by atoms with Crippen LogP contribution in [-0.2, 0) is 0 Å². The van der Waals surface area contributed by atoms with E-state index in [-0.39, 0.29) is 5.82 Å². The summed E-state index contributed by atoms with van der Waals surface area (Å²) in [5.41, 5.74) is 2.38. The number of benzene rings is 2. The molecule has 10 heteroatoms. The normalized spacial score (nSPS) is 10.9. The third kappa shape index (κ3) is 5.99. The van der Waals surface area contributed by atoms with Gasteiger partial charge in [0.25, 0.3) is 0 Å². The van der Waals surface area contributed by atoms with Crippen molar-refractivity contribution in [2.24, 2.45) is 0 Å². The van der Waals surface area contributed by atoms with Crippen LogP contribution in [0, 0.1) is 12.7 Å². The molecule has 0 saturated heterocycles. The summed E-state index contributed by atoms with van der Waals surface area (Å²) < 4.78 is 17.8. The summed E-state index contributed by atoms with van der Waals surface area (Å²) in [4.78, 5) is 7.85. The van der Waals surface area contributed by atoms with Gasteiger partial charge in [0.1, 0.15) is 5.82 Å². The van der Waals surface area contributed by atoms with Crippen LogP contribution in [0.25, 0.3) is 0 Å². The van der Waals surface area contributed by atoms with Crippen molar-refractivity contribution in [2.45, 2.75) is 11.8 Å². The molecule has 1 aromatic heterocycles. The molecule has 2 aromatic carbocycles. The van der Waals surface area contributed by atoms with E-state index in [1.807, 2.05) is 33.2 Å². The van der Waals surface area contributed by atoms with E-state index >= 15 is 0 Å². The minimum atomic E-state index is -0.361. The van der Waals surface area contributed by atoms with Crippen LogP contribution in [0.5, 0.6) is 0 Å². The molecule has 0 bridgehead atoms. The van der Waals surface area contributed by atoms with Gasteiger partial charge in [0.15, 0.2) is 5.13 Å². The Balaban J connectivity index is 1.79. The topological polar surface area (TPSA) is 52.2 Å². The zero-order valence-corrected chi connectivity index (χ0v) is 20.5. The lowest BCUT2D eigenvalue weighted by Gasteiger charge is -2.24. The van der Waals surface area contributed by atoms with E-state index in [0.717, 1.165) is 51.7 Å². The molecule has 0 aliphatic rings. The fraction of sp³-hybridized carbons (Fsp3) is 0.250. The lowest BCUT2D eigenvalue weighted by atomic mass is 10.2. The number of aromatic nitrogens is 1. The van der Waals surface area contributed by atoms with Gasteiger partial charge >= 0.3 is 0 Å². The van der Waals surface area contributed by atoms with Gasteiger partial charge in [-0.25, -0.2) is 9.37 Å². The third-order valence-electron chi connectivity index (χ3n) is 4.29. The molecule has 1 heterocycles. The van der Waals surface area contributed by atoms with E-state index in [2.05, 4.69) is 40.5 Å². The first-order valence-electron chi connectivity index (χ1n) is 9.24. The minimum Gasteiger partial charge on any atom is -0.372 e. The molecule has 0 amide bonds. The van der Waals surface area contributed by atoms with Gasteiger partial charge in [0.05, 0.1) is 27.0 Å². The lowest BCUT2D eigenvalue weighted by molar-refractivity contribution is 0.603. The Kier molecular flexibility index (Phi) is 8.20. The average Bonchev–Trinajstić information content (AvgIpc) is 3.14. The van der Waals surface area contributed by atoms with Crippen molar-refractivity contribution in [3.05, 3.63) is 52.2 Å². The van der Waals surface area contributed by atoms with E-state index in [4.69, 9.17) is 11.6 Å². The predicted molar refractivity (Wildman–Crippen MR) is 134 cm³/mol. The lowest BCUT2D eigenvalue weighted by Crippen LogP contribution is -2.28. The van der Waals surface area contributed by atoms with E-state index in [0.29, 0.717) is 15.6 Å². The van der Waals surface area contributed by atoms with Crippen molar-refractivity contribution in [1.82, 2.24) is 10.3 Å². The van der Waals surface area contributed by atoms with Gasteiger partial charge in [-0.15, -0.1) is 20.6 Å². The van der Waals surface area contributed by atoms with Crippen LogP contribution in [0.15, 0.2) is 41.4 Å². The molecule has 1 atom stereocenters. The highest BCUT2D eigenvalue weighted by atomic mass is 35.5. The van der Waals surface area contributed by atoms with Gasteiger partial charge in [-0.2, -0.15) is 0 Å². The van der Waals surface area contributed by atoms with Gasteiger partial charge in [-0.3, -0.25) is 0 Å². The molecule has 0 radical (unpaired) electrons. The molecule has 0 spiro atoms. The fourth-order valence-corrected chi connectivity index (χ4v) is 4.64. The van der Waals surface area contributed by atoms with Crippen molar-refractivity contribution in [1.29, 1.82) is 0 Å². The van der Waals surface area contributed by atoms with Crippen molar-refractivity contribution in [2.75, 3.05) is 42.1 Å². The molecular weight excluding hydrogens is 460 g/mol. The summed E-state index contributed by atoms with van der Waals surface area (Å²) in [6.45, 7) is 3.66. The molecule has 3 rings (SSSR count). The third-order valence-corrected chi connectivity index (χ3v) is 6.75. The number of halogens is 2. The van der Waals surface area contributed by atoms with Gasteiger partial charge in [-0.1, -0.05) is 17.7 Å². The Bertz CT molecular complexity index is 1020. The van der Waals surface area contributed by atoms with Crippen LogP contribution in [0.3, 0.4) is 0 Å². The summed E-state index contributed by atoms with van der Waals surface area (Å²) >= 11 is 9.14. The van der Waals surface area contributed by atoms with Crippen LogP contribution < -0.4 is 25.6 Å². The highest BCUT2D eigenvalue weighted by molar-refractivity contribution is 8.00. The van der Waals surface area contributed by atoms with Gasteiger partial charge in [0.2, 0.25) is 0 Å². The van der Waals surface area contributed by atoms with Crippen molar-refractivity contribution in [3.8, 4) is 0 Å². The molecule has 30 heavy (non-hydrogen) atoms. The number of thiazole rings is 1. The second-order valence-electron chi connectivity index (χ2n) is 6.67. The van der Waals surface area contributed by atoms with Gasteiger partial charge in [0, 0.05) is 37.3 Å². The summed E-state index contributed by atoms with van der Waals surface area (Å²) in [7, 11) is 6.65. The number of aryl methyl sites for hydroxylation is 1. The number of rotatable bonds is 9. The summed E-state index contributed by atoms with van der Waals surface area (Å²) in [6.07, 6.45) is 1.77. The summed E-state index contributed by atoms with van der Waals surface area (Å²) in [6, 6.07) is 9.06. The molecule has 3 aromatic rings. The van der Waals surface area contributed by atoms with Crippen LogP contribution in [-0.4, -0.2) is 32.2 Å². The first-order chi connectivity index (χ1) is 14.4. The monoisotopic (exact) mass is 483 g/mol. The molecule has 0 fully saturated rings. The Hall–Kier alpha value is -1.57. The molecule has 0 aliphatic heterocycles. The molecule has 3 N–H and O–H groups in total. The predicted octanol–water partition coefficient (Wildman–Crippen LogP) is 5.26. The van der Waals surface area contributed by atoms with Crippen LogP contribution in [0.4, 0.5) is 26.6 Å². The van der Waals surface area contributed by atoms with Gasteiger partial charge < -0.3 is 20.3 Å². The highest BCUT2D eigenvalue weighted by Gasteiger charge is 2.14. The first kappa shape index (κ1) is 23.1. The van der Waals surface area contributed by atoms with Crippen LogP contribution in [0.2, 0.25) is 5.02 Å². The fourth-order valence-electron chi connectivity index (χ4n) is 2.72. The zero-order valence-electron chi connectivity index (χ0n) is 16.9. The number of hydrogen-bond donors (Lipinski definition) is 3. The Labute approximate surface area is 192 Å². The van der Waals surface area contributed by atoms with Crippen molar-refractivity contribution < 1.29 is 4.39 Å². The molecule has 5 nitrogen and oxygen atoms in total. The second-order valence-corrected chi connectivity index (χ2v) is 9.83. The standard InChI is InChI=1S/C20H24ClFN5PS2/c1-12-11-24-20(29-12)26-30-19-9-14(21)17(10-15(19)22)25-16-5-4-13(28)8-18(16)27(3)7-6-23-2/h4-5,8-11,23,25H,6-7,28H2,1-3H3,(H,24,26). The number of likely N-dealkylation sites (N-methyl/N-ethyl adjacent to an activating group) is 2. The number of nitrogens with one attached hydrogen (secondary N) is 3. The SMILES string of the molecule is CNCCN(C)c1cc(P)ccc1Nc1cc(F)c(SNc2ncc(C)s2)cc1Cl. The van der Waals surface area contributed by atoms with E-state index in [1.54, 1.807) is 12.3 Å². The Morgan fingerprint density at radius 1 is 1.27 bits per heavy atom. The van der Waals surface area contributed by atoms with Crippen molar-refractivity contribution in [3.63, 3.8) is 0 Å². The van der Waals surface area contributed by atoms with E-state index < -0.39 is 0 Å². The zero-order chi connectivity index (χ0) is 21.7. The van der Waals surface area contributed by atoms with Crippen LogP contribution in [0.1, 0.15) is 4.88 Å². The largest absolute Gasteiger partial charge is 0.372 e. The first-order valence-corrected chi connectivity index (χ1v) is 11.8. The molecule has 160 valence electrons. The van der Waals surface area contributed by atoms with E-state index in [1.165, 1.54) is 17.4 Å². The number of nitrogens with zero attached hydrogens (tertiary/aromatic N) is 2. The second kappa shape index (κ2) is 10.6. The summed E-state index contributed by atoms with van der Waals surface area (Å²) in [5, 5.41) is 8.67. The summed E-state index contributed by atoms with van der Waals surface area (Å²) in [5.74, 6) is -0.361. The molecule has 1 unspecified atom stereocenters. The Morgan fingerprint density at radius 2 is 2.07 bits per heavy atom. The highest BCUT2D eigenvalue weighted by Crippen LogP contribution is 2.36. The van der Waals surface area contributed by atoms with Crippen LogP contribution >= 0.6 is 44.1 Å². The maximum atomic E-state index is 14.7. The van der Waals surface area contributed by atoms with E-state index in [9.17, 15) is 4.39 Å². The number of anilines is 4. The van der Waals surface area contributed by atoms with Crippen molar-refractivity contribution >= 4 is 71.6 Å². The molecule has 0 saturated carbocycles. The smallest absolute Gasteiger partial charge is 0.193 e. The minimum absolute atomic E-state index is 0.361. The quantitative estimate of drug-likeness (QED) is 0.285. The number of hydrogen-bond acceptors (Lipinski definition) is 7.